The van der Waals surface area contributed by atoms with Gasteiger partial charge >= 0.3 is 0 Å². The molecule has 4 heteroatoms. The highest BCUT2D eigenvalue weighted by molar-refractivity contribution is 8.00. The Kier molecular flexibility index (Phi) is 4.26. The fourth-order valence-corrected chi connectivity index (χ4v) is 2.64. The van der Waals surface area contributed by atoms with E-state index in [1.165, 1.54) is 5.06 Å². The van der Waals surface area contributed by atoms with Crippen LogP contribution < -0.4 is 0 Å². The van der Waals surface area contributed by atoms with Crippen LogP contribution in [-0.4, -0.2) is 34.1 Å². The molecular formula is C10H19NO2S. The van der Waals surface area contributed by atoms with Crippen LogP contribution in [-0.2, 0) is 9.63 Å². The fourth-order valence-electron chi connectivity index (χ4n) is 1.49. The molecule has 14 heavy (non-hydrogen) atoms. The van der Waals surface area contributed by atoms with Gasteiger partial charge in [0.1, 0.15) is 0 Å². The van der Waals surface area contributed by atoms with E-state index in [1.807, 2.05) is 25.6 Å². The number of amides is 1. The lowest BCUT2D eigenvalue weighted by molar-refractivity contribution is -0.207. The van der Waals surface area contributed by atoms with Gasteiger partial charge in [-0.1, -0.05) is 13.8 Å². The van der Waals surface area contributed by atoms with Gasteiger partial charge in [0.2, 0.25) is 5.91 Å². The predicted molar refractivity (Wildman–Crippen MR) is 59.1 cm³/mol. The molecule has 3 nitrogen and oxygen atoms in total. The first-order chi connectivity index (χ1) is 6.50. The van der Waals surface area contributed by atoms with Crippen LogP contribution in [0.4, 0.5) is 0 Å². The molecule has 1 amide bonds. The molecule has 0 aromatic rings. The van der Waals surface area contributed by atoms with Crippen molar-refractivity contribution in [1.29, 1.82) is 0 Å². The standard InChI is InChI=1S/C10H19NO2S/c1-7(2)11-10(12)5-9(6-13-11)14-8(3)4/h7-9H,5-6H2,1-4H3. The molecule has 1 aliphatic heterocycles. The molecule has 1 unspecified atom stereocenters. The average molecular weight is 217 g/mol. The van der Waals surface area contributed by atoms with Gasteiger partial charge < -0.3 is 0 Å². The van der Waals surface area contributed by atoms with Gasteiger partial charge in [-0.25, -0.2) is 5.06 Å². The van der Waals surface area contributed by atoms with Crippen LogP contribution in [0.1, 0.15) is 34.1 Å². The Labute approximate surface area is 90.1 Å². The molecule has 0 spiro atoms. The summed E-state index contributed by atoms with van der Waals surface area (Å²) in [6, 6.07) is 0.146. The summed E-state index contributed by atoms with van der Waals surface area (Å²) in [6.07, 6.45) is 0.612. The number of hydroxylamine groups is 2. The number of carbonyl (C=O) groups is 1. The molecule has 82 valence electrons. The summed E-state index contributed by atoms with van der Waals surface area (Å²) < 4.78 is 0. The van der Waals surface area contributed by atoms with Crippen molar-refractivity contribution in [1.82, 2.24) is 5.06 Å². The topological polar surface area (TPSA) is 29.5 Å². The van der Waals surface area contributed by atoms with E-state index in [4.69, 9.17) is 4.84 Å². The Bertz CT molecular complexity index is 206. The van der Waals surface area contributed by atoms with E-state index in [9.17, 15) is 4.79 Å². The largest absolute Gasteiger partial charge is 0.273 e. The van der Waals surface area contributed by atoms with Crippen molar-refractivity contribution in [2.24, 2.45) is 0 Å². The lowest BCUT2D eigenvalue weighted by atomic mass is 10.2. The zero-order chi connectivity index (χ0) is 10.7. The summed E-state index contributed by atoms with van der Waals surface area (Å²) in [6.45, 7) is 8.88. The van der Waals surface area contributed by atoms with Gasteiger partial charge in [0.15, 0.2) is 0 Å². The van der Waals surface area contributed by atoms with Crippen molar-refractivity contribution < 1.29 is 9.63 Å². The third-order valence-corrected chi connectivity index (χ3v) is 3.21. The van der Waals surface area contributed by atoms with Gasteiger partial charge in [-0.15, -0.1) is 0 Å². The van der Waals surface area contributed by atoms with Crippen molar-refractivity contribution in [3.8, 4) is 0 Å². The highest BCUT2D eigenvalue weighted by Crippen LogP contribution is 2.25. The van der Waals surface area contributed by atoms with Crippen LogP contribution >= 0.6 is 11.8 Å². The van der Waals surface area contributed by atoms with Crippen LogP contribution in [0.5, 0.6) is 0 Å². The quantitative estimate of drug-likeness (QED) is 0.725. The highest BCUT2D eigenvalue weighted by atomic mass is 32.2. The number of hydrogen-bond acceptors (Lipinski definition) is 3. The van der Waals surface area contributed by atoms with Gasteiger partial charge in [0, 0.05) is 11.7 Å². The van der Waals surface area contributed by atoms with Crippen LogP contribution in [0.15, 0.2) is 0 Å². The Balaban J connectivity index is 2.43. The summed E-state index contributed by atoms with van der Waals surface area (Å²) in [5, 5.41) is 2.39. The molecule has 1 heterocycles. The Morgan fingerprint density at radius 2 is 2.07 bits per heavy atom. The van der Waals surface area contributed by atoms with E-state index in [2.05, 4.69) is 13.8 Å². The van der Waals surface area contributed by atoms with Crippen LogP contribution in [0, 0.1) is 0 Å². The molecule has 0 aliphatic carbocycles. The Hall–Kier alpha value is -0.220. The van der Waals surface area contributed by atoms with Crippen molar-refractivity contribution in [2.45, 2.75) is 50.7 Å². The maximum absolute atomic E-state index is 11.6. The number of carbonyl (C=O) groups excluding carboxylic acids is 1. The Morgan fingerprint density at radius 3 is 2.50 bits per heavy atom. The highest BCUT2D eigenvalue weighted by Gasteiger charge is 2.29. The van der Waals surface area contributed by atoms with Gasteiger partial charge in [0.05, 0.1) is 12.6 Å². The molecular weight excluding hydrogens is 198 g/mol. The molecule has 1 atom stereocenters. The van der Waals surface area contributed by atoms with E-state index in [-0.39, 0.29) is 11.9 Å². The smallest absolute Gasteiger partial charge is 0.247 e. The summed E-state index contributed by atoms with van der Waals surface area (Å²) in [5.41, 5.74) is 0. The third kappa shape index (κ3) is 3.17. The maximum atomic E-state index is 11.6. The zero-order valence-electron chi connectivity index (χ0n) is 9.32. The predicted octanol–water partition coefficient (Wildman–Crippen LogP) is 2.07. The van der Waals surface area contributed by atoms with Crippen molar-refractivity contribution in [3.05, 3.63) is 0 Å². The maximum Gasteiger partial charge on any atom is 0.247 e. The van der Waals surface area contributed by atoms with Gasteiger partial charge in [-0.05, 0) is 19.1 Å². The minimum absolute atomic E-state index is 0.115. The van der Waals surface area contributed by atoms with E-state index < -0.39 is 0 Å². The van der Waals surface area contributed by atoms with Crippen LogP contribution in [0.3, 0.4) is 0 Å². The fraction of sp³-hybridized carbons (Fsp3) is 0.900. The molecule has 0 aromatic carbocycles. The average Bonchev–Trinajstić information content (AvgIpc) is 2.01. The molecule has 0 saturated carbocycles. The summed E-state index contributed by atoms with van der Waals surface area (Å²) >= 11 is 1.82. The molecule has 0 radical (unpaired) electrons. The molecule has 1 saturated heterocycles. The summed E-state index contributed by atoms with van der Waals surface area (Å²) in [7, 11) is 0. The molecule has 0 N–H and O–H groups in total. The van der Waals surface area contributed by atoms with Crippen molar-refractivity contribution in [2.75, 3.05) is 6.61 Å². The molecule has 1 fully saturated rings. The van der Waals surface area contributed by atoms with E-state index >= 15 is 0 Å². The van der Waals surface area contributed by atoms with Gasteiger partial charge in [0.25, 0.3) is 0 Å². The lowest BCUT2D eigenvalue weighted by Crippen LogP contribution is -2.44. The number of hydrogen-bond donors (Lipinski definition) is 0. The second-order valence-corrected chi connectivity index (χ2v) is 6.00. The number of rotatable bonds is 3. The van der Waals surface area contributed by atoms with E-state index in [1.54, 1.807) is 0 Å². The third-order valence-electron chi connectivity index (χ3n) is 1.98. The molecule has 0 bridgehead atoms. The van der Waals surface area contributed by atoms with Crippen LogP contribution in [0.25, 0.3) is 0 Å². The second-order valence-electron chi connectivity index (χ2n) is 4.12. The van der Waals surface area contributed by atoms with Crippen LogP contribution in [0.2, 0.25) is 0 Å². The Morgan fingerprint density at radius 1 is 1.43 bits per heavy atom. The molecule has 0 aromatic heterocycles. The van der Waals surface area contributed by atoms with E-state index in [0.29, 0.717) is 23.5 Å². The van der Waals surface area contributed by atoms with E-state index in [0.717, 1.165) is 0 Å². The normalized spacial score (nSPS) is 23.7. The monoisotopic (exact) mass is 217 g/mol. The minimum atomic E-state index is 0.115. The first-order valence-corrected chi connectivity index (χ1v) is 6.05. The lowest BCUT2D eigenvalue weighted by Gasteiger charge is -2.33. The first-order valence-electron chi connectivity index (χ1n) is 5.11. The summed E-state index contributed by atoms with van der Waals surface area (Å²) in [5.74, 6) is 0.115. The number of thioether (sulfide) groups is 1. The second kappa shape index (κ2) is 5.03. The minimum Gasteiger partial charge on any atom is -0.273 e. The van der Waals surface area contributed by atoms with Gasteiger partial charge in [-0.3, -0.25) is 9.63 Å². The molecule has 1 aliphatic rings. The zero-order valence-corrected chi connectivity index (χ0v) is 10.1. The van der Waals surface area contributed by atoms with Crippen molar-refractivity contribution >= 4 is 17.7 Å². The first kappa shape index (κ1) is 11.9. The SMILES string of the molecule is CC(C)SC1CON(C(C)C)C(=O)C1. The molecule has 1 rings (SSSR count). The number of nitrogens with zero attached hydrogens (tertiary/aromatic N) is 1. The van der Waals surface area contributed by atoms with Gasteiger partial charge in [-0.2, -0.15) is 11.8 Å². The summed E-state index contributed by atoms with van der Waals surface area (Å²) in [4.78, 5) is 17.0. The van der Waals surface area contributed by atoms with Crippen molar-refractivity contribution in [3.63, 3.8) is 0 Å².